The van der Waals surface area contributed by atoms with Gasteiger partial charge in [-0.05, 0) is 6.42 Å². The van der Waals surface area contributed by atoms with Crippen LogP contribution in [0.15, 0.2) is 24.3 Å². The monoisotopic (exact) mass is 624 g/mol. The Morgan fingerprint density at radius 2 is 1.10 bits per heavy atom. The van der Waals surface area contributed by atoms with Crippen molar-refractivity contribution in [2.45, 2.75) is 73.1 Å². The van der Waals surface area contributed by atoms with Gasteiger partial charge in [0.15, 0.2) is 5.78 Å². The number of benzene rings is 1. The molecule has 0 saturated carbocycles. The van der Waals surface area contributed by atoms with Gasteiger partial charge in [-0.25, -0.2) is 0 Å². The van der Waals surface area contributed by atoms with E-state index in [0.29, 0.717) is 0 Å². The van der Waals surface area contributed by atoms with Crippen molar-refractivity contribution in [3.05, 3.63) is 35.4 Å². The third kappa shape index (κ3) is 5.54. The number of rotatable bonds is 12. The molecule has 226 valence electrons. The normalized spacial score (nSPS) is 15.8. The molecule has 0 heterocycles. The summed E-state index contributed by atoms with van der Waals surface area (Å²) in [6.45, 7) is 1.52. The summed E-state index contributed by atoms with van der Waals surface area (Å²) in [5.41, 5.74) is -3.40. The minimum Gasteiger partial charge on any atom is -0.293 e. The smallest absolute Gasteiger partial charge is 0.293 e. The minimum absolute atomic E-state index is 0.000113. The Morgan fingerprint density at radius 1 is 0.718 bits per heavy atom. The molecule has 0 aliphatic heterocycles. The van der Waals surface area contributed by atoms with Crippen LogP contribution < -0.4 is 0 Å². The molecule has 0 bridgehead atoms. The lowest BCUT2D eigenvalue weighted by molar-refractivity contribution is -0.453. The van der Waals surface area contributed by atoms with E-state index in [1.54, 1.807) is 0 Å². The number of unbranched alkanes of at least 4 members (excludes halogenated alkanes) is 1. The van der Waals surface area contributed by atoms with Crippen LogP contribution in [-0.2, 0) is 16.0 Å². The van der Waals surface area contributed by atoms with Crippen LogP contribution in [0, 0.1) is 0 Å². The summed E-state index contributed by atoms with van der Waals surface area (Å²) >= 11 is 0. The average Bonchev–Trinajstić information content (AvgIpc) is 2.76. The van der Waals surface area contributed by atoms with Crippen molar-refractivity contribution in [2.75, 3.05) is 0 Å². The van der Waals surface area contributed by atoms with Crippen LogP contribution in [-0.4, -0.2) is 59.8 Å². The lowest BCUT2D eigenvalue weighted by Gasteiger charge is -2.41. The first-order valence-corrected chi connectivity index (χ1v) is 11.5. The number of carbonyl (C=O) groups excluding carboxylic acids is 1. The molecular weight excluding hydrogens is 609 g/mol. The molecule has 1 aromatic carbocycles. The third-order valence-electron chi connectivity index (χ3n) is 5.33. The molecule has 1 unspecified atom stereocenters. The molecular formula is C19H15F15O4S. The summed E-state index contributed by atoms with van der Waals surface area (Å²) in [5, 5.41) is -2.22. The van der Waals surface area contributed by atoms with Gasteiger partial charge in [0.05, 0.1) is 0 Å². The zero-order chi connectivity index (χ0) is 31.3. The molecule has 0 aromatic heterocycles. The molecule has 0 saturated heterocycles. The number of ketones is 1. The Hall–Kier alpha value is -2.25. The lowest BCUT2D eigenvalue weighted by Crippen LogP contribution is -2.72. The molecule has 39 heavy (non-hydrogen) atoms. The molecule has 1 N–H and O–H groups in total. The number of alkyl halides is 15. The van der Waals surface area contributed by atoms with Crippen molar-refractivity contribution in [1.29, 1.82) is 0 Å². The maximum Gasteiger partial charge on any atom is 0.460 e. The summed E-state index contributed by atoms with van der Waals surface area (Å²) in [6.07, 6.45) is -7.98. The van der Waals surface area contributed by atoms with E-state index in [-0.39, 0.29) is 37.1 Å². The van der Waals surface area contributed by atoms with Gasteiger partial charge in [0.25, 0.3) is 10.1 Å². The Bertz CT molecular complexity index is 1140. The van der Waals surface area contributed by atoms with Gasteiger partial charge in [-0.1, -0.05) is 44.0 Å². The molecule has 0 aliphatic rings. The fourth-order valence-corrected chi connectivity index (χ4v) is 3.85. The van der Waals surface area contributed by atoms with Gasteiger partial charge < -0.3 is 0 Å². The molecule has 0 radical (unpaired) electrons. The van der Waals surface area contributed by atoms with Crippen LogP contribution in [0.1, 0.15) is 42.1 Å². The molecule has 4 nitrogen and oxygen atoms in total. The van der Waals surface area contributed by atoms with E-state index < -0.39 is 80.4 Å². The topological polar surface area (TPSA) is 71.4 Å². The Labute approximate surface area is 208 Å². The van der Waals surface area contributed by atoms with Crippen molar-refractivity contribution in [2.24, 2.45) is 0 Å². The van der Waals surface area contributed by atoms with E-state index in [0.717, 1.165) is 0 Å². The van der Waals surface area contributed by atoms with Crippen molar-refractivity contribution in [3.63, 3.8) is 0 Å². The molecule has 0 fully saturated rings. The lowest BCUT2D eigenvalue weighted by atomic mass is 9.88. The number of halogens is 15. The number of hydrogen-bond acceptors (Lipinski definition) is 3. The predicted molar refractivity (Wildman–Crippen MR) is 100 cm³/mol. The Kier molecular flexibility index (Phi) is 9.18. The highest BCUT2D eigenvalue weighted by molar-refractivity contribution is 7.87. The van der Waals surface area contributed by atoms with E-state index in [1.165, 1.54) is 6.92 Å². The van der Waals surface area contributed by atoms with Crippen LogP contribution >= 0.6 is 0 Å². The van der Waals surface area contributed by atoms with Crippen LogP contribution in [0.4, 0.5) is 65.9 Å². The van der Waals surface area contributed by atoms with Gasteiger partial charge in [0.2, 0.25) is 0 Å². The van der Waals surface area contributed by atoms with E-state index in [4.69, 9.17) is 4.55 Å². The van der Waals surface area contributed by atoms with Crippen LogP contribution in [0.3, 0.4) is 0 Å². The molecule has 20 heteroatoms. The number of hydrogen-bond donors (Lipinski definition) is 1. The van der Waals surface area contributed by atoms with Gasteiger partial charge in [0, 0.05) is 11.1 Å². The highest BCUT2D eigenvalue weighted by Crippen LogP contribution is 2.63. The molecule has 0 aliphatic carbocycles. The molecule has 0 spiro atoms. The minimum atomic E-state index is -8.44. The van der Waals surface area contributed by atoms with Gasteiger partial charge >= 0.3 is 41.7 Å². The standard InChI is InChI=1S/C19H15F15O4S/c1-2-3-4-11(39(36,37)38)12(35)9-5-7-10(8-6-9)13(20,21)14(22,23)15(24,25)16(26,27)17(28,29)18(30,31)19(32,33)34/h5-8,11H,2-4H2,1H3,(H,36,37,38). The quantitative estimate of drug-likeness (QED) is 0.153. The first-order chi connectivity index (χ1) is 17.1. The van der Waals surface area contributed by atoms with Crippen molar-refractivity contribution in [1.82, 2.24) is 0 Å². The zero-order valence-electron chi connectivity index (χ0n) is 18.8. The summed E-state index contributed by atoms with van der Waals surface area (Å²) < 4.78 is 232. The first kappa shape index (κ1) is 34.8. The van der Waals surface area contributed by atoms with Gasteiger partial charge in [-0.15, -0.1) is 0 Å². The molecule has 1 rings (SSSR count). The summed E-state index contributed by atoms with van der Waals surface area (Å²) in [6, 6.07) is -0.597. The van der Waals surface area contributed by atoms with E-state index in [9.17, 15) is 79.1 Å². The maximum atomic E-state index is 14.3. The van der Waals surface area contributed by atoms with Gasteiger partial charge in [0.1, 0.15) is 5.25 Å². The number of Topliss-reactive ketones (excluding diaryl/α,β-unsaturated/α-hetero) is 1. The second-order valence-corrected chi connectivity index (χ2v) is 9.63. The van der Waals surface area contributed by atoms with Crippen LogP contribution in [0.2, 0.25) is 0 Å². The van der Waals surface area contributed by atoms with E-state index >= 15 is 0 Å². The van der Waals surface area contributed by atoms with Crippen LogP contribution in [0.25, 0.3) is 0 Å². The summed E-state index contributed by atoms with van der Waals surface area (Å²) in [5.74, 6) is -49.2. The SMILES string of the molecule is CCCCC(C(=O)c1ccc(C(F)(F)C(F)(F)C(F)(F)C(F)(F)C(F)(F)C(F)(F)C(F)(F)F)cc1)S(=O)(=O)O. The van der Waals surface area contributed by atoms with Gasteiger partial charge in [-0.2, -0.15) is 74.3 Å². The van der Waals surface area contributed by atoms with E-state index in [1.807, 2.05) is 0 Å². The number of carbonyl (C=O) groups is 1. The fraction of sp³-hybridized carbons (Fsp3) is 0.632. The molecule has 1 atom stereocenters. The highest BCUT2D eigenvalue weighted by Gasteiger charge is 2.93. The summed E-state index contributed by atoms with van der Waals surface area (Å²) in [4.78, 5) is 12.3. The average molecular weight is 624 g/mol. The Balaban J connectivity index is 3.57. The first-order valence-electron chi connectivity index (χ1n) is 10.0. The largest absolute Gasteiger partial charge is 0.460 e. The van der Waals surface area contributed by atoms with Gasteiger partial charge in [-0.3, -0.25) is 9.35 Å². The predicted octanol–water partition coefficient (Wildman–Crippen LogP) is 7.15. The van der Waals surface area contributed by atoms with Crippen molar-refractivity contribution in [3.8, 4) is 0 Å². The third-order valence-corrected chi connectivity index (χ3v) is 6.50. The molecule has 0 amide bonds. The fourth-order valence-electron chi connectivity index (χ4n) is 2.98. The molecule has 1 aromatic rings. The van der Waals surface area contributed by atoms with Crippen LogP contribution in [0.5, 0.6) is 0 Å². The highest BCUT2D eigenvalue weighted by atomic mass is 32.2. The second-order valence-electron chi connectivity index (χ2n) is 8.03. The van der Waals surface area contributed by atoms with Crippen molar-refractivity contribution < 1.29 is 83.6 Å². The van der Waals surface area contributed by atoms with Crippen molar-refractivity contribution >= 4 is 15.9 Å². The summed E-state index contributed by atoms with van der Waals surface area (Å²) in [7, 11) is -5.13. The van der Waals surface area contributed by atoms with E-state index in [2.05, 4.69) is 0 Å². The Morgan fingerprint density at radius 3 is 1.46 bits per heavy atom. The zero-order valence-corrected chi connectivity index (χ0v) is 19.6. The second kappa shape index (κ2) is 10.3. The maximum absolute atomic E-state index is 14.3.